The average Bonchev–Trinajstić information content (AvgIpc) is 2.46. The molecule has 90 valence electrons. The highest BCUT2D eigenvalue weighted by molar-refractivity contribution is 6.03. The van der Waals surface area contributed by atoms with Crippen molar-refractivity contribution in [3.8, 4) is 0 Å². The number of carbonyl (C=O) groups is 1. The van der Waals surface area contributed by atoms with E-state index in [4.69, 9.17) is 0 Å². The smallest absolute Gasteiger partial charge is 0.198 e. The van der Waals surface area contributed by atoms with E-state index in [1.54, 1.807) is 42.5 Å². The van der Waals surface area contributed by atoms with E-state index in [-0.39, 0.29) is 11.3 Å². The highest BCUT2D eigenvalue weighted by Crippen LogP contribution is 2.25. The summed E-state index contributed by atoms with van der Waals surface area (Å²) in [6.45, 7) is 0. The third kappa shape index (κ3) is 2.33. The van der Waals surface area contributed by atoms with E-state index >= 15 is 0 Å². The van der Waals surface area contributed by atoms with Crippen LogP contribution in [0.25, 0.3) is 0 Å². The number of nitrogens with zero attached hydrogens (tertiary/aromatic N) is 1. The molecule has 1 atom stereocenters. The molecule has 0 aliphatic carbocycles. The van der Waals surface area contributed by atoms with Crippen LogP contribution < -0.4 is 0 Å². The maximum absolute atomic E-state index is 12.1. The molecule has 0 bridgehead atoms. The van der Waals surface area contributed by atoms with Gasteiger partial charge in [-0.3, -0.25) is 4.79 Å². The summed E-state index contributed by atoms with van der Waals surface area (Å²) in [5.74, 6) is -0.531. The Bertz CT molecular complexity index is 566. The van der Waals surface area contributed by atoms with Gasteiger partial charge in [0.05, 0.1) is 0 Å². The standard InChI is InChI=1S/C14H11NO3/c16-13(10-6-2-1-3-7-10)14(17)11-8-4-5-9-12(11)15-18/h1-9,13,16H. The molecule has 0 saturated carbocycles. The Labute approximate surface area is 104 Å². The number of aliphatic hydroxyl groups excluding tert-OH is 1. The van der Waals surface area contributed by atoms with Gasteiger partial charge in [0.1, 0.15) is 11.8 Å². The molecule has 2 aromatic rings. The van der Waals surface area contributed by atoms with Crippen LogP contribution in [0.4, 0.5) is 5.69 Å². The van der Waals surface area contributed by atoms with E-state index in [0.29, 0.717) is 5.56 Å². The zero-order valence-electron chi connectivity index (χ0n) is 9.48. The lowest BCUT2D eigenvalue weighted by atomic mass is 9.99. The minimum absolute atomic E-state index is 0.0393. The second kappa shape index (κ2) is 5.33. The first-order chi connectivity index (χ1) is 8.74. The predicted octanol–water partition coefficient (Wildman–Crippen LogP) is 3.00. The zero-order chi connectivity index (χ0) is 13.0. The molecule has 0 aliphatic rings. The van der Waals surface area contributed by atoms with Gasteiger partial charge < -0.3 is 5.11 Å². The summed E-state index contributed by atoms with van der Waals surface area (Å²) in [6.07, 6.45) is -1.28. The normalized spacial score (nSPS) is 11.8. The Kier molecular flexibility index (Phi) is 3.60. The Morgan fingerprint density at radius 2 is 1.61 bits per heavy atom. The number of hydrogen-bond donors (Lipinski definition) is 1. The number of benzene rings is 2. The minimum Gasteiger partial charge on any atom is -0.380 e. The monoisotopic (exact) mass is 241 g/mol. The van der Waals surface area contributed by atoms with Crippen molar-refractivity contribution in [3.05, 3.63) is 70.6 Å². The Morgan fingerprint density at radius 1 is 1.00 bits per heavy atom. The predicted molar refractivity (Wildman–Crippen MR) is 67.6 cm³/mol. The first kappa shape index (κ1) is 12.1. The van der Waals surface area contributed by atoms with Gasteiger partial charge in [-0.2, -0.15) is 0 Å². The highest BCUT2D eigenvalue weighted by Gasteiger charge is 2.21. The average molecular weight is 241 g/mol. The first-order valence-electron chi connectivity index (χ1n) is 5.43. The van der Waals surface area contributed by atoms with Crippen LogP contribution in [0.5, 0.6) is 0 Å². The molecule has 4 heteroatoms. The SMILES string of the molecule is O=Nc1ccccc1C(=O)C(O)c1ccccc1. The van der Waals surface area contributed by atoms with Crippen molar-refractivity contribution in [2.45, 2.75) is 6.10 Å². The van der Waals surface area contributed by atoms with Gasteiger partial charge in [-0.1, -0.05) is 42.5 Å². The fourth-order valence-electron chi connectivity index (χ4n) is 1.70. The molecule has 2 aromatic carbocycles. The van der Waals surface area contributed by atoms with E-state index in [9.17, 15) is 14.8 Å². The molecular formula is C14H11NO3. The third-order valence-electron chi connectivity index (χ3n) is 2.63. The van der Waals surface area contributed by atoms with E-state index < -0.39 is 11.9 Å². The van der Waals surface area contributed by atoms with Gasteiger partial charge in [0.2, 0.25) is 0 Å². The molecule has 0 spiro atoms. The van der Waals surface area contributed by atoms with Crippen molar-refractivity contribution in [2.24, 2.45) is 5.18 Å². The second-order valence-corrected chi connectivity index (χ2v) is 3.79. The van der Waals surface area contributed by atoms with Gasteiger partial charge >= 0.3 is 0 Å². The molecule has 1 N–H and O–H groups in total. The second-order valence-electron chi connectivity index (χ2n) is 3.79. The maximum Gasteiger partial charge on any atom is 0.198 e. The van der Waals surface area contributed by atoms with Crippen LogP contribution in [0.3, 0.4) is 0 Å². The number of rotatable bonds is 4. The van der Waals surface area contributed by atoms with E-state index in [1.165, 1.54) is 12.1 Å². The Balaban J connectivity index is 2.34. The highest BCUT2D eigenvalue weighted by atomic mass is 16.3. The molecule has 0 radical (unpaired) electrons. The third-order valence-corrected chi connectivity index (χ3v) is 2.63. The van der Waals surface area contributed by atoms with Gasteiger partial charge in [-0.15, -0.1) is 4.91 Å². The molecule has 4 nitrogen and oxygen atoms in total. The van der Waals surface area contributed by atoms with Crippen LogP contribution in [0.1, 0.15) is 22.0 Å². The van der Waals surface area contributed by atoms with Gasteiger partial charge in [-0.25, -0.2) is 0 Å². The number of ketones is 1. The molecule has 0 aliphatic heterocycles. The van der Waals surface area contributed by atoms with Crippen LogP contribution in [-0.4, -0.2) is 10.9 Å². The van der Waals surface area contributed by atoms with Crippen molar-refractivity contribution in [1.29, 1.82) is 0 Å². The molecule has 0 fully saturated rings. The minimum atomic E-state index is -1.28. The lowest BCUT2D eigenvalue weighted by Gasteiger charge is -2.10. The number of nitroso groups, excluding NO2 is 1. The molecule has 0 amide bonds. The molecule has 1 unspecified atom stereocenters. The van der Waals surface area contributed by atoms with Crippen molar-refractivity contribution in [2.75, 3.05) is 0 Å². The largest absolute Gasteiger partial charge is 0.380 e. The summed E-state index contributed by atoms with van der Waals surface area (Å²) >= 11 is 0. The van der Waals surface area contributed by atoms with Crippen LogP contribution in [0.2, 0.25) is 0 Å². The van der Waals surface area contributed by atoms with Crippen molar-refractivity contribution < 1.29 is 9.90 Å². The first-order valence-corrected chi connectivity index (χ1v) is 5.43. The summed E-state index contributed by atoms with van der Waals surface area (Å²) in [5.41, 5.74) is 0.657. The summed E-state index contributed by atoms with van der Waals surface area (Å²) in [4.78, 5) is 22.7. The molecule has 18 heavy (non-hydrogen) atoms. The van der Waals surface area contributed by atoms with Crippen LogP contribution in [0.15, 0.2) is 59.8 Å². The topological polar surface area (TPSA) is 66.7 Å². The summed E-state index contributed by atoms with van der Waals surface area (Å²) in [7, 11) is 0. The number of carbonyl (C=O) groups excluding carboxylic acids is 1. The summed E-state index contributed by atoms with van der Waals surface area (Å²) < 4.78 is 0. The molecule has 0 heterocycles. The fraction of sp³-hybridized carbons (Fsp3) is 0.0714. The molecule has 2 rings (SSSR count). The Morgan fingerprint density at radius 3 is 2.28 bits per heavy atom. The van der Waals surface area contributed by atoms with E-state index in [0.717, 1.165) is 0 Å². The lowest BCUT2D eigenvalue weighted by molar-refractivity contribution is 0.0748. The van der Waals surface area contributed by atoms with Crippen molar-refractivity contribution >= 4 is 11.5 Å². The van der Waals surface area contributed by atoms with Crippen LogP contribution >= 0.6 is 0 Å². The zero-order valence-corrected chi connectivity index (χ0v) is 9.48. The summed E-state index contributed by atoms with van der Waals surface area (Å²) in [6, 6.07) is 14.7. The Hall–Kier alpha value is -2.33. The van der Waals surface area contributed by atoms with E-state index in [2.05, 4.69) is 5.18 Å². The molecule has 0 saturated heterocycles. The molecular weight excluding hydrogens is 230 g/mol. The fourth-order valence-corrected chi connectivity index (χ4v) is 1.70. The number of aliphatic hydroxyl groups is 1. The van der Waals surface area contributed by atoms with Crippen LogP contribution in [0, 0.1) is 4.91 Å². The number of hydrogen-bond acceptors (Lipinski definition) is 4. The van der Waals surface area contributed by atoms with E-state index in [1.807, 2.05) is 0 Å². The maximum atomic E-state index is 12.1. The molecule has 0 aromatic heterocycles. The lowest BCUT2D eigenvalue weighted by Crippen LogP contribution is -2.12. The van der Waals surface area contributed by atoms with Gasteiger partial charge in [0, 0.05) is 5.56 Å². The van der Waals surface area contributed by atoms with Crippen molar-refractivity contribution in [3.63, 3.8) is 0 Å². The van der Waals surface area contributed by atoms with Gasteiger partial charge in [0.15, 0.2) is 5.78 Å². The van der Waals surface area contributed by atoms with Crippen molar-refractivity contribution in [1.82, 2.24) is 0 Å². The van der Waals surface area contributed by atoms with Gasteiger partial charge in [-0.05, 0) is 22.9 Å². The van der Waals surface area contributed by atoms with Gasteiger partial charge in [0.25, 0.3) is 0 Å². The summed E-state index contributed by atoms with van der Waals surface area (Å²) in [5, 5.41) is 12.8. The van der Waals surface area contributed by atoms with Crippen LogP contribution in [-0.2, 0) is 0 Å². The number of Topliss-reactive ketones (excluding diaryl/α,β-unsaturated/α-hetero) is 1. The quantitative estimate of drug-likeness (QED) is 0.661.